The lowest BCUT2D eigenvalue weighted by molar-refractivity contribution is -0.139. The topological polar surface area (TPSA) is 74.0 Å². The van der Waals surface area contributed by atoms with E-state index in [1.807, 2.05) is 0 Å². The molecule has 140 valence electrons. The number of nitrogens with zero attached hydrogens (tertiary/aromatic N) is 3. The Bertz CT molecular complexity index is 404. The fourth-order valence-electron chi connectivity index (χ4n) is 2.95. The zero-order chi connectivity index (χ0) is 16.7. The molecule has 0 bridgehead atoms. The Labute approximate surface area is 163 Å². The van der Waals surface area contributed by atoms with Gasteiger partial charge in [0.1, 0.15) is 0 Å². The Morgan fingerprint density at radius 3 is 2.46 bits per heavy atom. The van der Waals surface area contributed by atoms with Gasteiger partial charge in [-0.1, -0.05) is 20.3 Å². The fraction of sp³-hybridized carbons (Fsp3) is 0.882. The van der Waals surface area contributed by atoms with E-state index in [0.717, 1.165) is 65.1 Å². The van der Waals surface area contributed by atoms with E-state index in [1.165, 1.54) is 6.42 Å². The number of piperazine rings is 1. The van der Waals surface area contributed by atoms with Crippen molar-refractivity contribution >= 4 is 35.8 Å². The van der Waals surface area contributed by atoms with Crippen LogP contribution < -0.4 is 11.1 Å². The van der Waals surface area contributed by atoms with Gasteiger partial charge in [-0.25, -0.2) is 0 Å². The van der Waals surface area contributed by atoms with Gasteiger partial charge in [0, 0.05) is 51.7 Å². The SMILES string of the molecule is CC(C)CCN=C(N)NCCN1CCN(C(=O)C2CCC2)CC1.I. The van der Waals surface area contributed by atoms with Crippen molar-refractivity contribution in [2.45, 2.75) is 39.5 Å². The Hall–Kier alpha value is -0.570. The minimum absolute atomic E-state index is 0. The second-order valence-corrected chi connectivity index (χ2v) is 7.17. The van der Waals surface area contributed by atoms with Crippen molar-refractivity contribution < 1.29 is 4.79 Å². The maximum Gasteiger partial charge on any atom is 0.225 e. The number of hydrogen-bond acceptors (Lipinski definition) is 3. The zero-order valence-corrected chi connectivity index (χ0v) is 17.5. The highest BCUT2D eigenvalue weighted by Gasteiger charge is 2.30. The van der Waals surface area contributed by atoms with Crippen LogP contribution in [0.4, 0.5) is 0 Å². The second kappa shape index (κ2) is 11.1. The summed E-state index contributed by atoms with van der Waals surface area (Å²) < 4.78 is 0. The molecule has 1 aliphatic heterocycles. The molecule has 6 nitrogen and oxygen atoms in total. The van der Waals surface area contributed by atoms with E-state index in [1.54, 1.807) is 0 Å². The molecule has 3 N–H and O–H groups in total. The van der Waals surface area contributed by atoms with Crippen LogP contribution >= 0.6 is 24.0 Å². The Kier molecular flexibility index (Phi) is 9.95. The molecule has 0 spiro atoms. The van der Waals surface area contributed by atoms with Crippen molar-refractivity contribution in [1.29, 1.82) is 0 Å². The molecular weight excluding hydrogens is 417 g/mol. The lowest BCUT2D eigenvalue weighted by Gasteiger charge is -2.38. The van der Waals surface area contributed by atoms with Crippen LogP contribution in [0.15, 0.2) is 4.99 Å². The average molecular weight is 451 g/mol. The molecule has 2 rings (SSSR count). The smallest absolute Gasteiger partial charge is 0.225 e. The van der Waals surface area contributed by atoms with Gasteiger partial charge in [0.2, 0.25) is 5.91 Å². The Balaban J connectivity index is 0.00000288. The number of rotatable bonds is 7. The number of guanidine groups is 1. The minimum Gasteiger partial charge on any atom is -0.370 e. The monoisotopic (exact) mass is 451 g/mol. The van der Waals surface area contributed by atoms with Crippen molar-refractivity contribution in [3.63, 3.8) is 0 Å². The van der Waals surface area contributed by atoms with E-state index < -0.39 is 0 Å². The summed E-state index contributed by atoms with van der Waals surface area (Å²) in [5, 5.41) is 3.18. The Morgan fingerprint density at radius 2 is 1.92 bits per heavy atom. The maximum absolute atomic E-state index is 12.2. The van der Waals surface area contributed by atoms with Gasteiger partial charge in [0.15, 0.2) is 5.96 Å². The Morgan fingerprint density at radius 1 is 1.25 bits per heavy atom. The standard InChI is InChI=1S/C17H33N5O.HI/c1-14(2)6-7-19-17(18)20-8-9-21-10-12-22(13-11-21)16(23)15-4-3-5-15;/h14-15H,3-13H2,1-2H3,(H3,18,19,20);1H. The van der Waals surface area contributed by atoms with Crippen LogP contribution in [0.5, 0.6) is 0 Å². The number of amides is 1. The molecule has 0 atom stereocenters. The van der Waals surface area contributed by atoms with Crippen LogP contribution in [0.25, 0.3) is 0 Å². The summed E-state index contributed by atoms with van der Waals surface area (Å²) in [5.41, 5.74) is 5.86. The highest BCUT2D eigenvalue weighted by atomic mass is 127. The van der Waals surface area contributed by atoms with Crippen LogP contribution in [0.1, 0.15) is 39.5 Å². The van der Waals surface area contributed by atoms with Gasteiger partial charge in [-0.05, 0) is 25.2 Å². The third kappa shape index (κ3) is 7.13. The number of halogens is 1. The van der Waals surface area contributed by atoms with Gasteiger partial charge in [-0.15, -0.1) is 24.0 Å². The predicted molar refractivity (Wildman–Crippen MR) is 110 cm³/mol. The van der Waals surface area contributed by atoms with Crippen molar-refractivity contribution in [3.05, 3.63) is 0 Å². The minimum atomic E-state index is 0. The summed E-state index contributed by atoms with van der Waals surface area (Å²) in [7, 11) is 0. The van der Waals surface area contributed by atoms with E-state index in [4.69, 9.17) is 5.73 Å². The van der Waals surface area contributed by atoms with Gasteiger partial charge < -0.3 is 16.0 Å². The van der Waals surface area contributed by atoms with Crippen LogP contribution in [0, 0.1) is 11.8 Å². The van der Waals surface area contributed by atoms with Gasteiger partial charge in [-0.3, -0.25) is 14.7 Å². The predicted octanol–water partition coefficient (Wildman–Crippen LogP) is 1.50. The number of nitrogens with one attached hydrogen (secondary N) is 1. The molecule has 0 radical (unpaired) electrons. The van der Waals surface area contributed by atoms with Crippen molar-refractivity contribution in [2.75, 3.05) is 45.8 Å². The first-order valence-electron chi connectivity index (χ1n) is 9.11. The number of carbonyl (C=O) groups excluding carboxylic acids is 1. The van der Waals surface area contributed by atoms with E-state index in [9.17, 15) is 4.79 Å². The van der Waals surface area contributed by atoms with Gasteiger partial charge >= 0.3 is 0 Å². The third-order valence-corrected chi connectivity index (χ3v) is 4.86. The molecular formula is C17H34IN5O. The van der Waals surface area contributed by atoms with Gasteiger partial charge in [-0.2, -0.15) is 0 Å². The summed E-state index contributed by atoms with van der Waals surface area (Å²) in [6, 6.07) is 0. The second-order valence-electron chi connectivity index (χ2n) is 7.17. The van der Waals surface area contributed by atoms with Crippen LogP contribution in [0.3, 0.4) is 0 Å². The van der Waals surface area contributed by atoms with Crippen LogP contribution in [-0.4, -0.2) is 67.5 Å². The molecule has 0 aromatic rings. The molecule has 24 heavy (non-hydrogen) atoms. The third-order valence-electron chi connectivity index (χ3n) is 4.86. The number of aliphatic imine (C=N–C) groups is 1. The highest BCUT2D eigenvalue weighted by Crippen LogP contribution is 2.28. The summed E-state index contributed by atoms with van der Waals surface area (Å²) in [5.74, 6) is 1.91. The molecule has 1 amide bonds. The molecule has 7 heteroatoms. The molecule has 1 saturated heterocycles. The molecule has 2 fully saturated rings. The van der Waals surface area contributed by atoms with Gasteiger partial charge in [0.05, 0.1) is 0 Å². The summed E-state index contributed by atoms with van der Waals surface area (Å²) in [6.45, 7) is 10.6. The molecule has 0 unspecified atom stereocenters. The van der Waals surface area contributed by atoms with Crippen molar-refractivity contribution in [1.82, 2.24) is 15.1 Å². The number of hydrogen-bond donors (Lipinski definition) is 2. The maximum atomic E-state index is 12.2. The van der Waals surface area contributed by atoms with Gasteiger partial charge in [0.25, 0.3) is 0 Å². The lowest BCUT2D eigenvalue weighted by Crippen LogP contribution is -2.52. The quantitative estimate of drug-likeness (QED) is 0.350. The zero-order valence-electron chi connectivity index (χ0n) is 15.2. The summed E-state index contributed by atoms with van der Waals surface area (Å²) in [6.07, 6.45) is 4.48. The molecule has 2 aliphatic rings. The average Bonchev–Trinajstić information content (AvgIpc) is 2.45. The van der Waals surface area contributed by atoms with E-state index >= 15 is 0 Å². The molecule has 1 heterocycles. The largest absolute Gasteiger partial charge is 0.370 e. The van der Waals surface area contributed by atoms with Crippen molar-refractivity contribution in [2.24, 2.45) is 22.6 Å². The number of nitrogens with two attached hydrogens (primary N) is 1. The van der Waals surface area contributed by atoms with Crippen LogP contribution in [0.2, 0.25) is 0 Å². The molecule has 1 saturated carbocycles. The summed E-state index contributed by atoms with van der Waals surface area (Å²) in [4.78, 5) is 21.0. The van der Waals surface area contributed by atoms with E-state index in [0.29, 0.717) is 23.7 Å². The molecule has 0 aromatic heterocycles. The van der Waals surface area contributed by atoms with E-state index in [2.05, 4.69) is 34.0 Å². The first kappa shape index (κ1) is 21.5. The molecule has 1 aliphatic carbocycles. The normalized spacial score (nSPS) is 19.8. The molecule has 0 aromatic carbocycles. The first-order chi connectivity index (χ1) is 11.1. The highest BCUT2D eigenvalue weighted by molar-refractivity contribution is 14.0. The van der Waals surface area contributed by atoms with Crippen LogP contribution in [-0.2, 0) is 4.79 Å². The fourth-order valence-corrected chi connectivity index (χ4v) is 2.95. The lowest BCUT2D eigenvalue weighted by atomic mass is 9.84. The van der Waals surface area contributed by atoms with E-state index in [-0.39, 0.29) is 24.0 Å². The summed E-state index contributed by atoms with van der Waals surface area (Å²) >= 11 is 0. The number of carbonyl (C=O) groups is 1. The van der Waals surface area contributed by atoms with Crippen molar-refractivity contribution in [3.8, 4) is 0 Å². The first-order valence-corrected chi connectivity index (χ1v) is 9.11.